The molecule has 0 atom stereocenters. The maximum absolute atomic E-state index is 12.8. The van der Waals surface area contributed by atoms with Crippen molar-refractivity contribution < 1.29 is 4.79 Å². The van der Waals surface area contributed by atoms with Gasteiger partial charge in [-0.15, -0.1) is 0 Å². The number of hydrogen-bond donors (Lipinski definition) is 0. The largest absolute Gasteiger partial charge is 0.373 e. The Bertz CT molecular complexity index is 765. The first-order valence-electron chi connectivity index (χ1n) is 10.5. The Balaban J connectivity index is 1.62. The minimum absolute atomic E-state index is 0.133. The van der Waals surface area contributed by atoms with Crippen molar-refractivity contribution in [2.45, 2.75) is 52.0 Å². The summed E-state index contributed by atoms with van der Waals surface area (Å²) >= 11 is 0. The van der Waals surface area contributed by atoms with Crippen LogP contribution in [0.2, 0.25) is 0 Å². The molecule has 1 aliphatic carbocycles. The molecule has 5 nitrogen and oxygen atoms in total. The molecule has 1 aromatic carbocycles. The summed E-state index contributed by atoms with van der Waals surface area (Å²) in [5.74, 6) is -0.133. The van der Waals surface area contributed by atoms with E-state index in [1.165, 1.54) is 36.1 Å². The molecule has 0 N–H and O–H groups in total. The predicted octanol–water partition coefficient (Wildman–Crippen LogP) is 3.62. The Hall–Kier alpha value is -2.48. The van der Waals surface area contributed by atoms with Gasteiger partial charge in [0.05, 0.1) is 0 Å². The third-order valence-corrected chi connectivity index (χ3v) is 6.34. The van der Waals surface area contributed by atoms with E-state index in [1.54, 1.807) is 11.1 Å². The highest BCUT2D eigenvalue weighted by atomic mass is 16.2. The molecule has 2 fully saturated rings. The number of carbonyl (C=O) groups is 1. The van der Waals surface area contributed by atoms with Crippen molar-refractivity contribution in [3.63, 3.8) is 0 Å². The van der Waals surface area contributed by atoms with Crippen molar-refractivity contribution in [3.8, 4) is 6.07 Å². The Morgan fingerprint density at radius 3 is 2.46 bits per heavy atom. The average molecular weight is 381 g/mol. The van der Waals surface area contributed by atoms with Crippen LogP contribution in [0.4, 0.5) is 5.69 Å². The Morgan fingerprint density at radius 1 is 1.14 bits per heavy atom. The first-order chi connectivity index (χ1) is 13.5. The van der Waals surface area contributed by atoms with Crippen molar-refractivity contribution in [1.29, 1.82) is 5.26 Å². The zero-order valence-electron chi connectivity index (χ0n) is 17.4. The molecule has 1 aliphatic heterocycles. The molecule has 3 rings (SSSR count). The highest BCUT2D eigenvalue weighted by Gasteiger charge is 2.25. The molecular weight excluding hydrogens is 348 g/mol. The number of benzene rings is 1. The van der Waals surface area contributed by atoms with E-state index >= 15 is 0 Å². The smallest absolute Gasteiger partial charge is 0.265 e. The summed E-state index contributed by atoms with van der Waals surface area (Å²) in [5.41, 5.74) is 4.18. The van der Waals surface area contributed by atoms with E-state index in [-0.39, 0.29) is 17.5 Å². The van der Waals surface area contributed by atoms with E-state index in [9.17, 15) is 10.1 Å². The summed E-state index contributed by atoms with van der Waals surface area (Å²) in [6.07, 6.45) is 7.49. The van der Waals surface area contributed by atoms with Crippen molar-refractivity contribution in [1.82, 2.24) is 9.80 Å². The molecule has 1 heterocycles. The van der Waals surface area contributed by atoms with Gasteiger partial charge in [-0.25, -0.2) is 0 Å². The highest BCUT2D eigenvalue weighted by molar-refractivity contribution is 5.97. The van der Waals surface area contributed by atoms with Gasteiger partial charge in [0, 0.05) is 51.2 Å². The van der Waals surface area contributed by atoms with Gasteiger partial charge >= 0.3 is 0 Å². The Morgan fingerprint density at radius 2 is 1.82 bits per heavy atom. The van der Waals surface area contributed by atoms with E-state index in [0.717, 1.165) is 39.0 Å². The number of piperazine rings is 1. The van der Waals surface area contributed by atoms with Crippen molar-refractivity contribution in [2.75, 3.05) is 38.1 Å². The molecule has 0 aromatic heterocycles. The van der Waals surface area contributed by atoms with E-state index < -0.39 is 0 Å². The van der Waals surface area contributed by atoms with E-state index in [2.05, 4.69) is 47.9 Å². The minimum atomic E-state index is -0.133. The number of nitrogens with zero attached hydrogens (tertiary/aromatic N) is 4. The lowest BCUT2D eigenvalue weighted by atomic mass is 9.94. The number of aryl methyl sites for hydroxylation is 1. The van der Waals surface area contributed by atoms with Crippen LogP contribution in [0.5, 0.6) is 0 Å². The molecule has 150 valence electrons. The minimum Gasteiger partial charge on any atom is -0.373 e. The highest BCUT2D eigenvalue weighted by Crippen LogP contribution is 2.25. The van der Waals surface area contributed by atoms with Crippen LogP contribution >= 0.6 is 0 Å². The van der Waals surface area contributed by atoms with Crippen LogP contribution in [0.25, 0.3) is 0 Å². The number of carbonyl (C=O) groups excluding carboxylic acids is 1. The van der Waals surface area contributed by atoms with Gasteiger partial charge in [0.15, 0.2) is 0 Å². The number of amides is 1. The molecule has 0 unspecified atom stereocenters. The molecule has 1 saturated carbocycles. The molecular formula is C23H32N4O. The maximum atomic E-state index is 12.8. The second-order valence-corrected chi connectivity index (χ2v) is 8.10. The zero-order chi connectivity index (χ0) is 20.1. The molecule has 2 aliphatic rings. The monoisotopic (exact) mass is 380 g/mol. The summed E-state index contributed by atoms with van der Waals surface area (Å²) in [6.45, 7) is 7.74. The van der Waals surface area contributed by atoms with Crippen LogP contribution in [-0.2, 0) is 4.79 Å². The molecule has 1 amide bonds. The molecule has 5 heteroatoms. The van der Waals surface area contributed by atoms with Crippen molar-refractivity contribution in [3.05, 3.63) is 41.1 Å². The lowest BCUT2D eigenvalue weighted by molar-refractivity contribution is -0.128. The quantitative estimate of drug-likeness (QED) is 0.591. The fourth-order valence-corrected chi connectivity index (χ4v) is 4.31. The van der Waals surface area contributed by atoms with E-state index in [1.807, 2.05) is 7.05 Å². The van der Waals surface area contributed by atoms with Gasteiger partial charge < -0.3 is 14.7 Å². The van der Waals surface area contributed by atoms with Gasteiger partial charge in [-0.2, -0.15) is 5.26 Å². The van der Waals surface area contributed by atoms with Gasteiger partial charge in [0.25, 0.3) is 5.91 Å². The maximum Gasteiger partial charge on any atom is 0.265 e. The topological polar surface area (TPSA) is 50.6 Å². The molecule has 1 aromatic rings. The molecule has 0 radical (unpaired) electrons. The summed E-state index contributed by atoms with van der Waals surface area (Å²) in [4.78, 5) is 19.1. The van der Waals surface area contributed by atoms with Crippen LogP contribution in [0, 0.1) is 25.2 Å². The van der Waals surface area contributed by atoms with Crippen LogP contribution in [0.15, 0.2) is 30.0 Å². The fraction of sp³-hybridized carbons (Fsp3) is 0.565. The molecule has 28 heavy (non-hydrogen) atoms. The second-order valence-electron chi connectivity index (χ2n) is 8.10. The fourth-order valence-electron chi connectivity index (χ4n) is 4.31. The summed E-state index contributed by atoms with van der Waals surface area (Å²) in [6, 6.07) is 8.85. The number of rotatable bonds is 4. The van der Waals surface area contributed by atoms with E-state index in [4.69, 9.17) is 0 Å². The van der Waals surface area contributed by atoms with Crippen molar-refractivity contribution >= 4 is 11.6 Å². The van der Waals surface area contributed by atoms with Crippen LogP contribution in [-0.4, -0.2) is 55.0 Å². The lowest BCUT2D eigenvalue weighted by Gasteiger charge is -2.37. The standard InChI is InChI=1S/C23H32N4O/c1-18-8-7-11-22(19(18)2)27-14-12-26(13-15-27)17-20(16-24)23(28)25(3)21-9-5-4-6-10-21/h7-8,11,17,21H,4-6,9-10,12-15H2,1-3H3/b20-17-. The normalized spacial score (nSPS) is 18.7. The number of likely N-dealkylation sites (N-methyl/N-ethyl adjacent to an activating group) is 1. The average Bonchev–Trinajstić information content (AvgIpc) is 2.74. The Kier molecular flexibility index (Phi) is 6.61. The van der Waals surface area contributed by atoms with Gasteiger partial charge in [-0.1, -0.05) is 31.4 Å². The number of nitriles is 1. The second kappa shape index (κ2) is 9.14. The Labute approximate surface area is 169 Å². The number of anilines is 1. The zero-order valence-corrected chi connectivity index (χ0v) is 17.4. The van der Waals surface area contributed by atoms with Crippen LogP contribution in [0.3, 0.4) is 0 Å². The first-order valence-corrected chi connectivity index (χ1v) is 10.5. The van der Waals surface area contributed by atoms with Gasteiger partial charge in [-0.3, -0.25) is 4.79 Å². The first kappa shape index (κ1) is 20.3. The van der Waals surface area contributed by atoms with E-state index in [0.29, 0.717) is 0 Å². The third kappa shape index (κ3) is 4.49. The van der Waals surface area contributed by atoms with Crippen LogP contribution in [0.1, 0.15) is 43.2 Å². The SMILES string of the molecule is Cc1cccc(N2CCN(/C=C(/C#N)C(=O)N(C)C3CCCCC3)CC2)c1C. The summed E-state index contributed by atoms with van der Waals surface area (Å²) in [7, 11) is 1.85. The van der Waals surface area contributed by atoms with Gasteiger partial charge in [0.1, 0.15) is 11.6 Å². The van der Waals surface area contributed by atoms with Crippen molar-refractivity contribution in [2.24, 2.45) is 0 Å². The predicted molar refractivity (Wildman–Crippen MR) is 113 cm³/mol. The van der Waals surface area contributed by atoms with Gasteiger partial charge in [-0.05, 0) is 43.9 Å². The third-order valence-electron chi connectivity index (χ3n) is 6.34. The van der Waals surface area contributed by atoms with Crippen LogP contribution < -0.4 is 4.90 Å². The summed E-state index contributed by atoms with van der Waals surface area (Å²) < 4.78 is 0. The number of hydrogen-bond acceptors (Lipinski definition) is 4. The molecule has 0 spiro atoms. The lowest BCUT2D eigenvalue weighted by Crippen LogP contribution is -2.45. The summed E-state index contributed by atoms with van der Waals surface area (Å²) in [5, 5.41) is 9.57. The molecule has 1 saturated heterocycles. The molecule has 0 bridgehead atoms. The van der Waals surface area contributed by atoms with Gasteiger partial charge in [0.2, 0.25) is 0 Å².